The van der Waals surface area contributed by atoms with E-state index in [1.165, 1.54) is 25.3 Å². The molecule has 6 rings (SSSR count). The number of aromatic amines is 1. The lowest BCUT2D eigenvalue weighted by molar-refractivity contribution is -0.204. The van der Waals surface area contributed by atoms with E-state index >= 15 is 0 Å². The lowest BCUT2D eigenvalue weighted by atomic mass is 9.96. The number of halogens is 7. The van der Waals surface area contributed by atoms with Gasteiger partial charge in [-0.25, -0.2) is 4.98 Å². The summed E-state index contributed by atoms with van der Waals surface area (Å²) in [5.74, 6) is -0.00745. The van der Waals surface area contributed by atoms with Gasteiger partial charge in [0, 0.05) is 29.9 Å². The number of rotatable bonds is 10. The number of ether oxygens (including phenoxy) is 1. The molecule has 0 unspecified atom stereocenters. The quantitative estimate of drug-likeness (QED) is 0.0644. The van der Waals surface area contributed by atoms with E-state index in [4.69, 9.17) is 22.1 Å². The van der Waals surface area contributed by atoms with Crippen LogP contribution in [0.25, 0.3) is 22.5 Å². The summed E-state index contributed by atoms with van der Waals surface area (Å²) in [5.41, 5.74) is 6.61. The first-order valence-corrected chi connectivity index (χ1v) is 17.4. The molecule has 2 aromatic heterocycles. The van der Waals surface area contributed by atoms with Crippen molar-refractivity contribution < 1.29 is 40.7 Å². The highest BCUT2D eigenvalue weighted by Gasteiger charge is 2.62. The maximum absolute atomic E-state index is 13.8. The molecule has 2 aliphatic carbocycles. The Morgan fingerprint density at radius 1 is 1.13 bits per heavy atom. The van der Waals surface area contributed by atoms with Gasteiger partial charge in [0.15, 0.2) is 11.8 Å². The molecular formula is C36H42ClF6N9O3. The van der Waals surface area contributed by atoms with Gasteiger partial charge in [0.25, 0.3) is 12.4 Å². The zero-order valence-electron chi connectivity index (χ0n) is 30.7. The average Bonchev–Trinajstić information content (AvgIpc) is 4.04. The minimum absolute atomic E-state index is 0.0412. The van der Waals surface area contributed by atoms with Crippen LogP contribution in [-0.4, -0.2) is 86.8 Å². The van der Waals surface area contributed by atoms with E-state index in [1.807, 2.05) is 29.2 Å². The Bertz CT molecular complexity index is 1900. The SMILES string of the molecule is CC(C)(C)C(F)(F)F.CN=C(N)N(C(=O)c1ccc(-c2cnn(C3CC3)c2)cc1)[C@H](COC=O)c1ccc(Cl)c(-c2ncn[nH]2)c1.CNC1(C(F)(F)F)CC1. The third-order valence-corrected chi connectivity index (χ3v) is 9.31. The van der Waals surface area contributed by atoms with Gasteiger partial charge in [-0.3, -0.25) is 29.3 Å². The van der Waals surface area contributed by atoms with Crippen LogP contribution in [-0.2, 0) is 9.53 Å². The molecule has 4 N–H and O–H groups in total. The smallest absolute Gasteiger partial charge is 0.406 e. The van der Waals surface area contributed by atoms with Gasteiger partial charge < -0.3 is 15.8 Å². The van der Waals surface area contributed by atoms with Gasteiger partial charge in [-0.05, 0) is 68.1 Å². The Balaban J connectivity index is 0.000000327. The second-order valence-corrected chi connectivity index (χ2v) is 14.3. The summed E-state index contributed by atoms with van der Waals surface area (Å²) in [6.45, 7) is 3.59. The number of benzene rings is 2. The number of carbonyl (C=O) groups is 2. The number of H-pyrrole nitrogens is 1. The number of alkyl halides is 6. The third kappa shape index (κ3) is 10.6. The van der Waals surface area contributed by atoms with E-state index < -0.39 is 35.3 Å². The number of amides is 1. The molecule has 19 heteroatoms. The van der Waals surface area contributed by atoms with E-state index in [9.17, 15) is 35.9 Å². The molecule has 298 valence electrons. The van der Waals surface area contributed by atoms with Crippen molar-refractivity contribution in [3.05, 3.63) is 77.3 Å². The summed E-state index contributed by atoms with van der Waals surface area (Å²) >= 11 is 6.40. The molecule has 0 saturated heterocycles. The molecule has 12 nitrogen and oxygen atoms in total. The van der Waals surface area contributed by atoms with E-state index in [0.717, 1.165) is 44.7 Å². The summed E-state index contributed by atoms with van der Waals surface area (Å²) < 4.78 is 77.3. The lowest BCUT2D eigenvalue weighted by Crippen LogP contribution is -2.46. The molecule has 0 bridgehead atoms. The summed E-state index contributed by atoms with van der Waals surface area (Å²) in [7, 11) is 2.83. The van der Waals surface area contributed by atoms with Crippen molar-refractivity contribution in [2.75, 3.05) is 20.7 Å². The monoisotopic (exact) mass is 797 g/mol. The largest absolute Gasteiger partial charge is 0.465 e. The molecule has 2 saturated carbocycles. The predicted octanol–water partition coefficient (Wildman–Crippen LogP) is 7.52. The highest BCUT2D eigenvalue weighted by molar-refractivity contribution is 6.33. The second kappa shape index (κ2) is 17.2. The molecule has 2 heterocycles. The Labute approximate surface area is 318 Å². The summed E-state index contributed by atoms with van der Waals surface area (Å²) in [6, 6.07) is 12.0. The van der Waals surface area contributed by atoms with Crippen molar-refractivity contribution >= 4 is 29.9 Å². The van der Waals surface area contributed by atoms with Crippen LogP contribution in [0.3, 0.4) is 0 Å². The first-order chi connectivity index (χ1) is 25.8. The molecular weight excluding hydrogens is 756 g/mol. The molecule has 0 spiro atoms. The Morgan fingerprint density at radius 2 is 1.76 bits per heavy atom. The van der Waals surface area contributed by atoms with Crippen LogP contribution >= 0.6 is 11.6 Å². The fraction of sp³-hybridized carbons (Fsp3) is 0.444. The van der Waals surface area contributed by atoms with Crippen LogP contribution in [0.4, 0.5) is 26.3 Å². The zero-order chi connectivity index (χ0) is 40.8. The molecule has 0 radical (unpaired) electrons. The molecule has 2 aliphatic rings. The fourth-order valence-corrected chi connectivity index (χ4v) is 5.21. The van der Waals surface area contributed by atoms with Crippen LogP contribution in [0, 0.1) is 5.41 Å². The fourth-order valence-electron chi connectivity index (χ4n) is 5.00. The topological polar surface area (TPSA) is 156 Å². The molecule has 0 aliphatic heterocycles. The lowest BCUT2D eigenvalue weighted by Gasteiger charge is -2.31. The van der Waals surface area contributed by atoms with Crippen molar-refractivity contribution in [2.45, 2.75) is 76.4 Å². The third-order valence-electron chi connectivity index (χ3n) is 8.98. The van der Waals surface area contributed by atoms with Crippen molar-refractivity contribution in [1.29, 1.82) is 0 Å². The van der Waals surface area contributed by atoms with Crippen molar-refractivity contribution in [3.63, 3.8) is 0 Å². The molecule has 1 atom stereocenters. The molecule has 2 aromatic carbocycles. The predicted molar refractivity (Wildman–Crippen MR) is 194 cm³/mol. The van der Waals surface area contributed by atoms with Crippen LogP contribution in [0.1, 0.15) is 74.5 Å². The first kappa shape index (κ1) is 42.8. The number of nitrogens with one attached hydrogen (secondary N) is 2. The van der Waals surface area contributed by atoms with Gasteiger partial charge in [-0.2, -0.15) is 36.5 Å². The van der Waals surface area contributed by atoms with Gasteiger partial charge in [-0.15, -0.1) is 0 Å². The van der Waals surface area contributed by atoms with Gasteiger partial charge in [0.2, 0.25) is 0 Å². The number of aromatic nitrogens is 5. The number of carbonyl (C=O) groups excluding carboxylic acids is 2. The van der Waals surface area contributed by atoms with Crippen molar-refractivity contribution in [1.82, 2.24) is 35.2 Å². The number of hydrogen-bond acceptors (Lipinski definition) is 8. The maximum atomic E-state index is 13.8. The Hall–Kier alpha value is -4.97. The molecule has 55 heavy (non-hydrogen) atoms. The van der Waals surface area contributed by atoms with Gasteiger partial charge in [-0.1, -0.05) is 50.6 Å². The highest BCUT2D eigenvalue weighted by atomic mass is 35.5. The number of nitrogens with two attached hydrogens (primary N) is 1. The summed E-state index contributed by atoms with van der Waals surface area (Å²) in [5, 5.41) is 13.8. The normalized spacial score (nSPS) is 15.8. The van der Waals surface area contributed by atoms with Crippen LogP contribution in [0.15, 0.2) is 66.2 Å². The van der Waals surface area contributed by atoms with Crippen LogP contribution in [0.5, 0.6) is 0 Å². The number of hydrogen-bond donors (Lipinski definition) is 3. The molecule has 2 fully saturated rings. The Kier molecular flexibility index (Phi) is 13.4. The van der Waals surface area contributed by atoms with E-state index in [-0.39, 0.29) is 25.4 Å². The van der Waals surface area contributed by atoms with Crippen LogP contribution in [0.2, 0.25) is 5.02 Å². The van der Waals surface area contributed by atoms with E-state index in [1.54, 1.807) is 30.3 Å². The van der Waals surface area contributed by atoms with Gasteiger partial charge >= 0.3 is 12.4 Å². The summed E-state index contributed by atoms with van der Waals surface area (Å²) in [6.07, 6.45) is -0.163. The van der Waals surface area contributed by atoms with E-state index in [0.29, 0.717) is 40.1 Å². The van der Waals surface area contributed by atoms with Gasteiger partial charge in [0.1, 0.15) is 18.5 Å². The minimum Gasteiger partial charge on any atom is -0.465 e. The van der Waals surface area contributed by atoms with Crippen molar-refractivity contribution in [3.8, 4) is 22.5 Å². The van der Waals surface area contributed by atoms with Crippen LogP contribution < -0.4 is 11.1 Å². The molecule has 4 aromatic rings. The number of guanidine groups is 1. The summed E-state index contributed by atoms with van der Waals surface area (Å²) in [4.78, 5) is 34.5. The molecule has 1 amide bonds. The van der Waals surface area contributed by atoms with Crippen molar-refractivity contribution in [2.24, 2.45) is 16.1 Å². The van der Waals surface area contributed by atoms with E-state index in [2.05, 4.69) is 30.6 Å². The maximum Gasteiger partial charge on any atom is 0.406 e. The Morgan fingerprint density at radius 3 is 2.22 bits per heavy atom. The average molecular weight is 798 g/mol. The van der Waals surface area contributed by atoms with Gasteiger partial charge in [0.05, 0.1) is 28.7 Å². The zero-order valence-corrected chi connectivity index (χ0v) is 31.4. The minimum atomic E-state index is -4.06. The standard InChI is InChI=1S/C26H25ClN8O3.C5H8F3N.C5H9F3/c1-29-26(28)35(23(13-38-15-36)18-6-9-22(27)21(10-18)24-30-14-31-33-24)25(37)17-4-2-16(3-5-17)19-11-32-34(12-19)20-7-8-20;1-9-4(2-3-4)5(6,7)8;1-4(2,3)5(6,7)8/h2-6,9-12,14-15,20,23H,7-8,13H2,1H3,(H2,28,29)(H,30,31,33);9H,2-3H2,1H3;1-3H3/t23-;;/m1../s1. The second-order valence-electron chi connectivity index (χ2n) is 13.9. The first-order valence-electron chi connectivity index (χ1n) is 17.0. The number of aliphatic imine (C=N–C) groups is 1. The number of nitrogens with zero attached hydrogens (tertiary/aromatic N) is 6. The highest BCUT2D eigenvalue weighted by Crippen LogP contribution is 2.48.